The highest BCUT2D eigenvalue weighted by Crippen LogP contribution is 2.45. The smallest absolute Gasteiger partial charge is 0.294 e. The number of aliphatic hydroxyl groups is 1. The highest BCUT2D eigenvalue weighted by atomic mass is 35.5. The number of carbonyl (C=O) groups excluding carboxylic acids is 1. The number of hydrogen-bond acceptors (Lipinski definition) is 7. The zero-order valence-electron chi connectivity index (χ0n) is 14.8. The Balaban J connectivity index is 1.85. The van der Waals surface area contributed by atoms with E-state index in [1.54, 1.807) is 31.2 Å². The lowest BCUT2D eigenvalue weighted by Crippen LogP contribution is -2.10. The number of nitrogens with one attached hydrogen (secondary N) is 1. The largest absolute Gasteiger partial charge is 0.389 e. The molecule has 0 fully saturated rings. The number of nitrogens with zero attached hydrogens (tertiary/aromatic N) is 2. The van der Waals surface area contributed by atoms with E-state index in [4.69, 9.17) is 23.2 Å². The van der Waals surface area contributed by atoms with Crippen LogP contribution >= 0.6 is 46.3 Å². The van der Waals surface area contributed by atoms with Crippen molar-refractivity contribution in [2.75, 3.05) is 5.32 Å². The van der Waals surface area contributed by atoms with Crippen molar-refractivity contribution in [3.63, 3.8) is 0 Å². The zero-order chi connectivity index (χ0) is 21.1. The summed E-state index contributed by atoms with van der Waals surface area (Å²) in [6, 6.07) is 7.88. The minimum Gasteiger partial charge on any atom is -0.389 e. The molecule has 0 aliphatic heterocycles. The molecular weight excluding hydrogens is 457 g/mol. The molecule has 7 nitrogen and oxygen atoms in total. The summed E-state index contributed by atoms with van der Waals surface area (Å²) in [7, 11) is 0. The summed E-state index contributed by atoms with van der Waals surface area (Å²) in [5, 5.41) is 24.2. The van der Waals surface area contributed by atoms with Crippen molar-refractivity contribution in [3.05, 3.63) is 73.3 Å². The molecule has 0 saturated heterocycles. The summed E-state index contributed by atoms with van der Waals surface area (Å²) in [6.07, 6.45) is 2.16. The third-order valence-corrected chi connectivity index (χ3v) is 7.01. The number of aromatic nitrogens is 1. The molecule has 29 heavy (non-hydrogen) atoms. The van der Waals surface area contributed by atoms with E-state index in [2.05, 4.69) is 10.3 Å². The number of halogens is 2. The molecule has 1 atom stereocenters. The van der Waals surface area contributed by atoms with Crippen LogP contribution in [0.15, 0.2) is 51.8 Å². The van der Waals surface area contributed by atoms with Crippen LogP contribution in [0.2, 0.25) is 10.0 Å². The number of carbonyl (C=O) groups is 1. The molecule has 11 heteroatoms. The van der Waals surface area contributed by atoms with Crippen LogP contribution in [0, 0.1) is 10.1 Å². The van der Waals surface area contributed by atoms with Gasteiger partial charge in [-0.25, -0.2) is 0 Å². The van der Waals surface area contributed by atoms with Gasteiger partial charge < -0.3 is 10.4 Å². The van der Waals surface area contributed by atoms with Gasteiger partial charge in [0, 0.05) is 24.1 Å². The second-order valence-electron chi connectivity index (χ2n) is 5.83. The SMILES string of the molecule is CC(O)c1ccc(NC(=O)c2cc([N+](=O)[O-])c(Sc3c(Cl)cncc3Cl)s2)cc1. The first-order valence-electron chi connectivity index (χ1n) is 8.10. The molecular formula is C18H13Cl2N3O4S2. The summed E-state index contributed by atoms with van der Waals surface area (Å²) in [6.45, 7) is 1.64. The lowest BCUT2D eigenvalue weighted by molar-refractivity contribution is -0.387. The van der Waals surface area contributed by atoms with Crippen LogP contribution < -0.4 is 5.32 Å². The first-order chi connectivity index (χ1) is 13.8. The number of amides is 1. The van der Waals surface area contributed by atoms with Crippen molar-refractivity contribution in [3.8, 4) is 0 Å². The van der Waals surface area contributed by atoms with Crippen LogP contribution in [0.5, 0.6) is 0 Å². The van der Waals surface area contributed by atoms with Gasteiger partial charge in [-0.05, 0) is 24.6 Å². The molecule has 0 spiro atoms. The Morgan fingerprint density at radius 1 is 1.28 bits per heavy atom. The molecule has 0 radical (unpaired) electrons. The fourth-order valence-electron chi connectivity index (χ4n) is 2.30. The lowest BCUT2D eigenvalue weighted by Gasteiger charge is -2.07. The van der Waals surface area contributed by atoms with Gasteiger partial charge in [0.05, 0.1) is 26.0 Å². The van der Waals surface area contributed by atoms with E-state index < -0.39 is 16.9 Å². The highest BCUT2D eigenvalue weighted by molar-refractivity contribution is 8.01. The average molecular weight is 470 g/mol. The molecule has 2 N–H and O–H groups in total. The molecule has 0 bridgehead atoms. The molecule has 3 aromatic rings. The Labute approximate surface area is 183 Å². The monoisotopic (exact) mass is 469 g/mol. The quantitative estimate of drug-likeness (QED) is 0.348. The summed E-state index contributed by atoms with van der Waals surface area (Å²) in [5.74, 6) is -0.485. The van der Waals surface area contributed by atoms with Crippen LogP contribution in [0.25, 0.3) is 0 Å². The minimum absolute atomic E-state index is 0.167. The van der Waals surface area contributed by atoms with E-state index in [0.717, 1.165) is 23.1 Å². The van der Waals surface area contributed by atoms with Crippen LogP contribution in [-0.2, 0) is 0 Å². The second kappa shape index (κ2) is 9.10. The predicted molar refractivity (Wildman–Crippen MR) is 114 cm³/mol. The minimum atomic E-state index is -0.619. The number of nitro groups is 1. The second-order valence-corrected chi connectivity index (χ2v) is 8.97. The Bertz CT molecular complexity index is 1050. The van der Waals surface area contributed by atoms with Gasteiger partial charge >= 0.3 is 0 Å². The maximum absolute atomic E-state index is 12.6. The molecule has 150 valence electrons. The average Bonchev–Trinajstić information content (AvgIpc) is 3.10. The molecule has 1 unspecified atom stereocenters. The van der Waals surface area contributed by atoms with Gasteiger partial charge in [0.15, 0.2) is 0 Å². The highest BCUT2D eigenvalue weighted by Gasteiger charge is 2.25. The van der Waals surface area contributed by atoms with E-state index in [1.165, 1.54) is 18.5 Å². The molecule has 0 saturated carbocycles. The lowest BCUT2D eigenvalue weighted by atomic mass is 10.1. The molecule has 0 aliphatic carbocycles. The molecule has 0 aliphatic rings. The maximum Gasteiger partial charge on any atom is 0.294 e. The Hall–Kier alpha value is -2.17. The van der Waals surface area contributed by atoms with E-state index in [9.17, 15) is 20.0 Å². The predicted octanol–water partition coefficient (Wildman–Crippen LogP) is 5.81. The maximum atomic E-state index is 12.6. The Morgan fingerprint density at radius 2 is 1.90 bits per heavy atom. The molecule has 1 amide bonds. The fourth-order valence-corrected chi connectivity index (χ4v) is 5.06. The van der Waals surface area contributed by atoms with Crippen LogP contribution in [0.1, 0.15) is 28.3 Å². The summed E-state index contributed by atoms with van der Waals surface area (Å²) < 4.78 is 0.277. The number of anilines is 1. The number of benzene rings is 1. The summed E-state index contributed by atoms with van der Waals surface area (Å²) in [5.41, 5.74) is 1.00. The van der Waals surface area contributed by atoms with Gasteiger partial charge in [0.1, 0.15) is 9.09 Å². The van der Waals surface area contributed by atoms with E-state index in [1.807, 2.05) is 0 Å². The Kier molecular flexibility index (Phi) is 6.76. The summed E-state index contributed by atoms with van der Waals surface area (Å²) >= 11 is 14.2. The van der Waals surface area contributed by atoms with E-state index >= 15 is 0 Å². The van der Waals surface area contributed by atoms with Gasteiger partial charge in [0.2, 0.25) is 0 Å². The number of aliphatic hydroxyl groups excluding tert-OH is 1. The molecule has 2 heterocycles. The van der Waals surface area contributed by atoms with Gasteiger partial charge in [0.25, 0.3) is 11.6 Å². The topological polar surface area (TPSA) is 105 Å². The zero-order valence-corrected chi connectivity index (χ0v) is 17.9. The first-order valence-corrected chi connectivity index (χ1v) is 10.5. The van der Waals surface area contributed by atoms with Crippen molar-refractivity contribution in [2.24, 2.45) is 0 Å². The third kappa shape index (κ3) is 5.06. The van der Waals surface area contributed by atoms with Gasteiger partial charge in [-0.1, -0.05) is 47.1 Å². The fraction of sp³-hybridized carbons (Fsp3) is 0.111. The van der Waals surface area contributed by atoms with Crippen molar-refractivity contribution in [2.45, 2.75) is 22.1 Å². The Morgan fingerprint density at radius 3 is 2.45 bits per heavy atom. The third-order valence-electron chi connectivity index (χ3n) is 3.76. The van der Waals surface area contributed by atoms with Gasteiger partial charge in [-0.15, -0.1) is 11.3 Å². The van der Waals surface area contributed by atoms with Crippen molar-refractivity contribution in [1.82, 2.24) is 4.98 Å². The molecule has 1 aromatic carbocycles. The number of pyridine rings is 1. The standard InChI is InChI=1S/C18H13Cl2N3O4S2/c1-9(24)10-2-4-11(5-3-10)22-17(25)15-6-14(23(26)27)18(28-15)29-16-12(19)7-21-8-13(16)20/h2-9,24H,1H3,(H,22,25). The first kappa shape index (κ1) is 21.5. The normalized spacial score (nSPS) is 11.9. The number of rotatable bonds is 6. The van der Waals surface area contributed by atoms with Crippen molar-refractivity contribution in [1.29, 1.82) is 0 Å². The molecule has 3 rings (SSSR count). The van der Waals surface area contributed by atoms with Crippen molar-refractivity contribution >= 4 is 63.6 Å². The number of hydrogen-bond donors (Lipinski definition) is 2. The van der Waals surface area contributed by atoms with Crippen LogP contribution in [-0.4, -0.2) is 20.9 Å². The van der Waals surface area contributed by atoms with Crippen LogP contribution in [0.4, 0.5) is 11.4 Å². The van der Waals surface area contributed by atoms with Gasteiger partial charge in [-0.3, -0.25) is 19.9 Å². The molecule has 2 aromatic heterocycles. The van der Waals surface area contributed by atoms with E-state index in [0.29, 0.717) is 16.1 Å². The number of thiophene rings is 1. The van der Waals surface area contributed by atoms with E-state index in [-0.39, 0.29) is 24.8 Å². The summed E-state index contributed by atoms with van der Waals surface area (Å²) in [4.78, 5) is 27.9. The van der Waals surface area contributed by atoms with Crippen LogP contribution in [0.3, 0.4) is 0 Å². The van der Waals surface area contributed by atoms with Crippen molar-refractivity contribution < 1.29 is 14.8 Å². The van der Waals surface area contributed by atoms with Gasteiger partial charge in [-0.2, -0.15) is 0 Å².